The van der Waals surface area contributed by atoms with Crippen LogP contribution in [0.3, 0.4) is 0 Å². The number of hydrogen-bond donors (Lipinski definition) is 1. The number of aliphatic hydroxyl groups is 1. The molecule has 0 saturated heterocycles. The highest BCUT2D eigenvalue weighted by Gasteiger charge is 2.12. The van der Waals surface area contributed by atoms with E-state index in [2.05, 4.69) is 36.1 Å². The molecule has 0 saturated carbocycles. The third-order valence-electron chi connectivity index (χ3n) is 3.19. The number of aliphatic hydroxyl groups excluding tert-OH is 1. The monoisotopic (exact) mass is 260 g/mol. The van der Waals surface area contributed by atoms with Gasteiger partial charge in [0.05, 0.1) is 12.5 Å². The van der Waals surface area contributed by atoms with Crippen LogP contribution < -0.4 is 0 Å². The second-order valence-corrected chi connectivity index (χ2v) is 5.05. The van der Waals surface area contributed by atoms with Crippen molar-refractivity contribution in [2.24, 2.45) is 0 Å². The minimum Gasteiger partial charge on any atom is -0.393 e. The number of aromatic nitrogens is 2. The van der Waals surface area contributed by atoms with Crippen molar-refractivity contribution >= 4 is 0 Å². The van der Waals surface area contributed by atoms with E-state index in [0.717, 1.165) is 5.56 Å². The van der Waals surface area contributed by atoms with Gasteiger partial charge in [-0.3, -0.25) is 0 Å². The zero-order chi connectivity index (χ0) is 13.8. The highest BCUT2D eigenvalue weighted by atomic mass is 16.5. The fourth-order valence-corrected chi connectivity index (χ4v) is 1.82. The first-order chi connectivity index (χ1) is 9.10. The maximum Gasteiger partial charge on any atom is 0.229 e. The van der Waals surface area contributed by atoms with Crippen LogP contribution in [-0.4, -0.2) is 21.4 Å². The van der Waals surface area contributed by atoms with Crippen molar-refractivity contribution in [2.75, 3.05) is 0 Å². The van der Waals surface area contributed by atoms with Gasteiger partial charge in [-0.2, -0.15) is 4.98 Å². The van der Waals surface area contributed by atoms with Gasteiger partial charge in [-0.05, 0) is 17.9 Å². The molecule has 0 amide bonds. The van der Waals surface area contributed by atoms with Crippen LogP contribution in [0.4, 0.5) is 0 Å². The summed E-state index contributed by atoms with van der Waals surface area (Å²) in [5, 5.41) is 13.5. The molecular formula is C15H20N2O2. The van der Waals surface area contributed by atoms with Crippen molar-refractivity contribution < 1.29 is 9.63 Å². The van der Waals surface area contributed by atoms with E-state index in [1.807, 2.05) is 19.1 Å². The van der Waals surface area contributed by atoms with E-state index in [-0.39, 0.29) is 0 Å². The van der Waals surface area contributed by atoms with Crippen molar-refractivity contribution in [3.8, 4) is 11.4 Å². The van der Waals surface area contributed by atoms with E-state index in [0.29, 0.717) is 30.5 Å². The average Bonchev–Trinajstić information content (AvgIpc) is 2.87. The highest BCUT2D eigenvalue weighted by molar-refractivity contribution is 5.54. The Labute approximate surface area is 113 Å². The molecule has 0 aliphatic carbocycles. The first kappa shape index (κ1) is 13.7. The molecule has 1 aromatic carbocycles. The standard InChI is InChI=1S/C15H20N2O2/c1-4-13(18)9-14-16-15(17-19-14)12-7-5-11(6-8-12)10(2)3/h5-8,10,13,18H,4,9H2,1-3H3. The Morgan fingerprint density at radius 1 is 1.21 bits per heavy atom. The molecule has 0 bridgehead atoms. The smallest absolute Gasteiger partial charge is 0.229 e. The summed E-state index contributed by atoms with van der Waals surface area (Å²) >= 11 is 0. The van der Waals surface area contributed by atoms with E-state index in [1.165, 1.54) is 5.56 Å². The van der Waals surface area contributed by atoms with Crippen LogP contribution in [0.2, 0.25) is 0 Å². The lowest BCUT2D eigenvalue weighted by molar-refractivity contribution is 0.158. The lowest BCUT2D eigenvalue weighted by Crippen LogP contribution is -2.08. The van der Waals surface area contributed by atoms with Crippen molar-refractivity contribution in [1.82, 2.24) is 10.1 Å². The van der Waals surface area contributed by atoms with Crippen molar-refractivity contribution in [3.05, 3.63) is 35.7 Å². The third-order valence-corrected chi connectivity index (χ3v) is 3.19. The minimum atomic E-state index is -0.420. The highest BCUT2D eigenvalue weighted by Crippen LogP contribution is 2.20. The maximum atomic E-state index is 9.56. The van der Waals surface area contributed by atoms with Crippen LogP contribution in [0.1, 0.15) is 44.6 Å². The first-order valence-corrected chi connectivity index (χ1v) is 6.71. The zero-order valence-corrected chi connectivity index (χ0v) is 11.6. The van der Waals surface area contributed by atoms with Crippen LogP contribution in [0.5, 0.6) is 0 Å². The van der Waals surface area contributed by atoms with E-state index < -0.39 is 6.10 Å². The molecule has 1 unspecified atom stereocenters. The summed E-state index contributed by atoms with van der Waals surface area (Å²) in [6, 6.07) is 8.16. The third kappa shape index (κ3) is 3.41. The topological polar surface area (TPSA) is 59.2 Å². The van der Waals surface area contributed by atoms with Gasteiger partial charge >= 0.3 is 0 Å². The number of hydrogen-bond acceptors (Lipinski definition) is 4. The van der Waals surface area contributed by atoms with Gasteiger partial charge in [0.15, 0.2) is 0 Å². The first-order valence-electron chi connectivity index (χ1n) is 6.71. The van der Waals surface area contributed by atoms with Crippen LogP contribution in [0.25, 0.3) is 11.4 Å². The fraction of sp³-hybridized carbons (Fsp3) is 0.467. The molecule has 2 aromatic rings. The molecule has 1 aromatic heterocycles. The largest absolute Gasteiger partial charge is 0.393 e. The van der Waals surface area contributed by atoms with Gasteiger partial charge in [-0.1, -0.05) is 50.2 Å². The van der Waals surface area contributed by atoms with E-state index in [4.69, 9.17) is 4.52 Å². The number of benzene rings is 1. The molecule has 0 spiro atoms. The Bertz CT molecular complexity index is 517. The second-order valence-electron chi connectivity index (χ2n) is 5.05. The quantitative estimate of drug-likeness (QED) is 0.897. The summed E-state index contributed by atoms with van der Waals surface area (Å²) in [6.07, 6.45) is 0.672. The van der Waals surface area contributed by atoms with Gasteiger partial charge in [0.1, 0.15) is 0 Å². The molecule has 1 N–H and O–H groups in total. The Balaban J connectivity index is 2.13. The molecule has 0 fully saturated rings. The Morgan fingerprint density at radius 3 is 2.47 bits per heavy atom. The van der Waals surface area contributed by atoms with Gasteiger partial charge in [-0.25, -0.2) is 0 Å². The fourth-order valence-electron chi connectivity index (χ4n) is 1.82. The van der Waals surface area contributed by atoms with E-state index in [9.17, 15) is 5.11 Å². The van der Waals surface area contributed by atoms with Gasteiger partial charge < -0.3 is 9.63 Å². The van der Waals surface area contributed by atoms with Crippen LogP contribution in [0.15, 0.2) is 28.8 Å². The summed E-state index contributed by atoms with van der Waals surface area (Å²) in [5.74, 6) is 1.57. The molecule has 4 heteroatoms. The Morgan fingerprint density at radius 2 is 1.89 bits per heavy atom. The van der Waals surface area contributed by atoms with E-state index >= 15 is 0 Å². The maximum absolute atomic E-state index is 9.56. The van der Waals surface area contributed by atoms with Crippen molar-refractivity contribution in [3.63, 3.8) is 0 Å². The predicted molar refractivity (Wildman–Crippen MR) is 73.8 cm³/mol. The van der Waals surface area contributed by atoms with Crippen molar-refractivity contribution in [1.29, 1.82) is 0 Å². The van der Waals surface area contributed by atoms with Crippen molar-refractivity contribution in [2.45, 2.75) is 45.6 Å². The summed E-state index contributed by atoms with van der Waals surface area (Å²) < 4.78 is 5.15. The number of rotatable bonds is 5. The molecule has 1 atom stereocenters. The normalized spacial score (nSPS) is 12.9. The summed E-state index contributed by atoms with van der Waals surface area (Å²) in [7, 11) is 0. The predicted octanol–water partition coefficient (Wildman–Crippen LogP) is 3.17. The lowest BCUT2D eigenvalue weighted by Gasteiger charge is -2.04. The molecule has 102 valence electrons. The van der Waals surface area contributed by atoms with Crippen LogP contribution in [0, 0.1) is 0 Å². The molecule has 1 heterocycles. The molecule has 0 aliphatic rings. The van der Waals surface area contributed by atoms with E-state index in [1.54, 1.807) is 0 Å². The zero-order valence-electron chi connectivity index (χ0n) is 11.6. The molecule has 19 heavy (non-hydrogen) atoms. The molecular weight excluding hydrogens is 240 g/mol. The number of nitrogens with zero attached hydrogens (tertiary/aromatic N) is 2. The summed E-state index contributed by atoms with van der Waals surface area (Å²) in [5.41, 5.74) is 2.22. The molecule has 2 rings (SSSR count). The summed E-state index contributed by atoms with van der Waals surface area (Å²) in [6.45, 7) is 6.24. The minimum absolute atomic E-state index is 0.410. The SMILES string of the molecule is CCC(O)Cc1nc(-c2ccc(C(C)C)cc2)no1. The molecule has 0 aliphatic heterocycles. The second kappa shape index (κ2) is 5.97. The summed E-state index contributed by atoms with van der Waals surface area (Å²) in [4.78, 5) is 4.31. The van der Waals surface area contributed by atoms with Gasteiger partial charge in [-0.15, -0.1) is 0 Å². The molecule has 4 nitrogen and oxygen atoms in total. The Kier molecular flexibility index (Phi) is 4.32. The van der Waals surface area contributed by atoms with Gasteiger partial charge in [0, 0.05) is 5.56 Å². The Hall–Kier alpha value is -1.68. The van der Waals surface area contributed by atoms with Crippen LogP contribution in [-0.2, 0) is 6.42 Å². The molecule has 0 radical (unpaired) electrons. The van der Waals surface area contributed by atoms with Crippen LogP contribution >= 0.6 is 0 Å². The average molecular weight is 260 g/mol. The van der Waals surface area contributed by atoms with Gasteiger partial charge in [0.2, 0.25) is 11.7 Å². The van der Waals surface area contributed by atoms with Gasteiger partial charge in [0.25, 0.3) is 0 Å². The lowest BCUT2D eigenvalue weighted by atomic mass is 10.0.